The highest BCUT2D eigenvalue weighted by atomic mass is 16.4. The smallest absolute Gasteiger partial charge is 0.308 e. The molecule has 2 rings (SSSR count). The van der Waals surface area contributed by atoms with E-state index in [4.69, 9.17) is 0 Å². The summed E-state index contributed by atoms with van der Waals surface area (Å²) in [6.45, 7) is 3.58. The monoisotopic (exact) mass is 265 g/mol. The Bertz CT molecular complexity index is 415. The van der Waals surface area contributed by atoms with Crippen molar-refractivity contribution in [2.24, 2.45) is 23.7 Å². The number of carbonyl (C=O) groups is 3. The lowest BCUT2D eigenvalue weighted by Gasteiger charge is -2.22. The minimum absolute atomic E-state index is 0.00231. The Morgan fingerprint density at radius 2 is 1.74 bits per heavy atom. The molecule has 0 saturated carbocycles. The highest BCUT2D eigenvalue weighted by molar-refractivity contribution is 6.05. The fourth-order valence-electron chi connectivity index (χ4n) is 2.82. The first kappa shape index (κ1) is 13.8. The topological polar surface area (TPSA) is 74.7 Å². The minimum atomic E-state index is -0.955. The number of carboxylic acids is 1. The van der Waals surface area contributed by atoms with E-state index in [9.17, 15) is 19.5 Å². The molecule has 1 aliphatic heterocycles. The summed E-state index contributed by atoms with van der Waals surface area (Å²) in [7, 11) is 0. The van der Waals surface area contributed by atoms with Crippen LogP contribution in [0, 0.1) is 23.7 Å². The Kier molecular flexibility index (Phi) is 3.73. The van der Waals surface area contributed by atoms with Gasteiger partial charge in [-0.05, 0) is 18.8 Å². The highest BCUT2D eigenvalue weighted by Crippen LogP contribution is 2.35. The quantitative estimate of drug-likeness (QED) is 0.614. The lowest BCUT2D eigenvalue weighted by Crippen LogP contribution is -2.40. The lowest BCUT2D eigenvalue weighted by molar-refractivity contribution is -0.147. The van der Waals surface area contributed by atoms with Crippen molar-refractivity contribution in [3.05, 3.63) is 12.2 Å². The molecular formula is C14H19NO4. The standard InChI is InChI=1S/C14H19NO4/c1-8(2)11(14(18)19)7-15-12(16)9-5-3-4-6-10(9)13(15)17/h3-4,8-11H,5-7H2,1-2H3,(H,18,19). The molecule has 3 atom stereocenters. The second-order valence-corrected chi connectivity index (χ2v) is 5.63. The maximum Gasteiger partial charge on any atom is 0.308 e. The number of imide groups is 1. The van der Waals surface area contributed by atoms with Gasteiger partial charge in [0.25, 0.3) is 0 Å². The molecule has 0 bridgehead atoms. The first-order valence-electron chi connectivity index (χ1n) is 6.66. The molecule has 0 spiro atoms. The molecule has 104 valence electrons. The first-order chi connectivity index (χ1) is 8.93. The molecule has 1 N–H and O–H groups in total. The number of carbonyl (C=O) groups excluding carboxylic acids is 2. The van der Waals surface area contributed by atoms with Crippen molar-refractivity contribution in [3.8, 4) is 0 Å². The van der Waals surface area contributed by atoms with Gasteiger partial charge in [-0.15, -0.1) is 0 Å². The van der Waals surface area contributed by atoms with Crippen LogP contribution in [0.25, 0.3) is 0 Å². The van der Waals surface area contributed by atoms with Crippen molar-refractivity contribution in [1.29, 1.82) is 0 Å². The van der Waals surface area contributed by atoms with Gasteiger partial charge in [0, 0.05) is 6.54 Å². The SMILES string of the molecule is CC(C)C(CN1C(=O)C2CC=CCC2C1=O)C(=O)O. The van der Waals surface area contributed by atoms with Gasteiger partial charge in [0.1, 0.15) is 0 Å². The minimum Gasteiger partial charge on any atom is -0.481 e. The van der Waals surface area contributed by atoms with Crippen LogP contribution in [0.4, 0.5) is 0 Å². The highest BCUT2D eigenvalue weighted by Gasteiger charge is 2.48. The average molecular weight is 265 g/mol. The number of amides is 2. The van der Waals surface area contributed by atoms with Crippen LogP contribution in [-0.2, 0) is 14.4 Å². The fourth-order valence-corrected chi connectivity index (χ4v) is 2.82. The van der Waals surface area contributed by atoms with E-state index in [0.717, 1.165) is 0 Å². The zero-order valence-electron chi connectivity index (χ0n) is 11.2. The van der Waals surface area contributed by atoms with E-state index in [2.05, 4.69) is 0 Å². The number of hydrogen-bond acceptors (Lipinski definition) is 3. The van der Waals surface area contributed by atoms with Gasteiger partial charge in [-0.2, -0.15) is 0 Å². The van der Waals surface area contributed by atoms with Crippen LogP contribution >= 0.6 is 0 Å². The largest absolute Gasteiger partial charge is 0.481 e. The third-order valence-corrected chi connectivity index (χ3v) is 4.10. The number of nitrogens with zero attached hydrogens (tertiary/aromatic N) is 1. The first-order valence-corrected chi connectivity index (χ1v) is 6.66. The third kappa shape index (κ3) is 2.41. The molecule has 2 amide bonds. The van der Waals surface area contributed by atoms with E-state index in [0.29, 0.717) is 12.8 Å². The second-order valence-electron chi connectivity index (χ2n) is 5.63. The molecule has 1 saturated heterocycles. The molecule has 3 unspecified atom stereocenters. The number of aliphatic carboxylic acids is 1. The van der Waals surface area contributed by atoms with Gasteiger partial charge in [0.05, 0.1) is 17.8 Å². The van der Waals surface area contributed by atoms with Crippen molar-refractivity contribution in [2.75, 3.05) is 6.54 Å². The molecule has 1 aliphatic carbocycles. The van der Waals surface area contributed by atoms with Crippen LogP contribution in [0.5, 0.6) is 0 Å². The van der Waals surface area contributed by atoms with Crippen molar-refractivity contribution in [2.45, 2.75) is 26.7 Å². The number of allylic oxidation sites excluding steroid dienone is 2. The molecule has 5 heteroatoms. The normalized spacial score (nSPS) is 27.8. The number of fused-ring (bicyclic) bond motifs is 1. The van der Waals surface area contributed by atoms with Gasteiger partial charge >= 0.3 is 5.97 Å². The van der Waals surface area contributed by atoms with E-state index >= 15 is 0 Å². The van der Waals surface area contributed by atoms with E-state index in [1.807, 2.05) is 12.2 Å². The lowest BCUT2D eigenvalue weighted by atomic mass is 9.85. The number of hydrogen-bond donors (Lipinski definition) is 1. The zero-order valence-corrected chi connectivity index (χ0v) is 11.2. The van der Waals surface area contributed by atoms with Gasteiger partial charge in [0.15, 0.2) is 0 Å². The summed E-state index contributed by atoms with van der Waals surface area (Å²) in [5.74, 6) is -2.72. The summed E-state index contributed by atoms with van der Waals surface area (Å²) in [5.41, 5.74) is 0. The van der Waals surface area contributed by atoms with Crippen LogP contribution in [-0.4, -0.2) is 34.3 Å². The molecule has 0 aromatic rings. The van der Waals surface area contributed by atoms with Crippen LogP contribution < -0.4 is 0 Å². The molecule has 1 heterocycles. The Balaban J connectivity index is 2.15. The molecular weight excluding hydrogens is 246 g/mol. The summed E-state index contributed by atoms with van der Waals surface area (Å²) >= 11 is 0. The summed E-state index contributed by atoms with van der Waals surface area (Å²) in [6.07, 6.45) is 5.02. The van der Waals surface area contributed by atoms with Crippen molar-refractivity contribution < 1.29 is 19.5 Å². The van der Waals surface area contributed by atoms with Crippen molar-refractivity contribution >= 4 is 17.8 Å². The molecule has 0 aromatic carbocycles. The fraction of sp³-hybridized carbons (Fsp3) is 0.643. The van der Waals surface area contributed by atoms with E-state index in [1.165, 1.54) is 4.90 Å². The van der Waals surface area contributed by atoms with E-state index in [1.54, 1.807) is 13.8 Å². The van der Waals surface area contributed by atoms with Gasteiger partial charge in [-0.3, -0.25) is 19.3 Å². The second kappa shape index (κ2) is 5.15. The Hall–Kier alpha value is -1.65. The average Bonchev–Trinajstić information content (AvgIpc) is 2.59. The van der Waals surface area contributed by atoms with Crippen molar-refractivity contribution in [3.63, 3.8) is 0 Å². The predicted octanol–water partition coefficient (Wildman–Crippen LogP) is 1.29. The Morgan fingerprint density at radius 1 is 1.26 bits per heavy atom. The summed E-state index contributed by atoms with van der Waals surface area (Å²) < 4.78 is 0. The van der Waals surface area contributed by atoms with Gasteiger partial charge in [-0.25, -0.2) is 0 Å². The maximum atomic E-state index is 12.2. The summed E-state index contributed by atoms with van der Waals surface area (Å²) in [5, 5.41) is 9.17. The van der Waals surface area contributed by atoms with E-state index in [-0.39, 0.29) is 36.1 Å². The van der Waals surface area contributed by atoms with E-state index < -0.39 is 11.9 Å². The number of carboxylic acid groups (broad SMARTS) is 1. The molecule has 0 radical (unpaired) electrons. The van der Waals surface area contributed by atoms with Crippen LogP contribution in [0.1, 0.15) is 26.7 Å². The maximum absolute atomic E-state index is 12.2. The summed E-state index contributed by atoms with van der Waals surface area (Å²) in [4.78, 5) is 36.8. The van der Waals surface area contributed by atoms with Gasteiger partial charge in [0.2, 0.25) is 11.8 Å². The Morgan fingerprint density at radius 3 is 2.11 bits per heavy atom. The van der Waals surface area contributed by atoms with Crippen LogP contribution in [0.3, 0.4) is 0 Å². The number of rotatable bonds is 4. The summed E-state index contributed by atoms with van der Waals surface area (Å²) in [6, 6.07) is 0. The van der Waals surface area contributed by atoms with Gasteiger partial charge < -0.3 is 5.11 Å². The van der Waals surface area contributed by atoms with Crippen LogP contribution in [0.2, 0.25) is 0 Å². The molecule has 19 heavy (non-hydrogen) atoms. The molecule has 2 aliphatic rings. The van der Waals surface area contributed by atoms with Crippen molar-refractivity contribution in [1.82, 2.24) is 4.90 Å². The van der Waals surface area contributed by atoms with Crippen LogP contribution in [0.15, 0.2) is 12.2 Å². The molecule has 0 aromatic heterocycles. The molecule has 1 fully saturated rings. The number of likely N-dealkylation sites (tertiary alicyclic amines) is 1. The predicted molar refractivity (Wildman–Crippen MR) is 68.0 cm³/mol. The Labute approximate surface area is 112 Å². The third-order valence-electron chi connectivity index (χ3n) is 4.10. The molecule has 5 nitrogen and oxygen atoms in total. The van der Waals surface area contributed by atoms with Gasteiger partial charge in [-0.1, -0.05) is 26.0 Å². The zero-order chi connectivity index (χ0) is 14.2.